The number of hydrogen-bond acceptors (Lipinski definition) is 5. The van der Waals surface area contributed by atoms with E-state index in [9.17, 15) is 10.1 Å². The van der Waals surface area contributed by atoms with Crippen molar-refractivity contribution in [2.24, 2.45) is 11.8 Å². The summed E-state index contributed by atoms with van der Waals surface area (Å²) in [5.74, 6) is 0.182. The number of fused-ring (bicyclic) bond motifs is 1. The average Bonchev–Trinajstić information content (AvgIpc) is 2.70. The minimum atomic E-state index is -0.986. The van der Waals surface area contributed by atoms with E-state index in [0.29, 0.717) is 35.4 Å². The van der Waals surface area contributed by atoms with Gasteiger partial charge >= 0.3 is 0 Å². The van der Waals surface area contributed by atoms with Gasteiger partial charge in [0.25, 0.3) is 0 Å². The lowest BCUT2D eigenvalue weighted by Gasteiger charge is -2.29. The van der Waals surface area contributed by atoms with Gasteiger partial charge in [0.1, 0.15) is 5.69 Å². The van der Waals surface area contributed by atoms with Crippen LogP contribution in [0.2, 0.25) is 0 Å². The number of hydrogen-bond donors (Lipinski definition) is 1. The number of carbonyl (C=O) groups is 1. The third-order valence-electron chi connectivity index (χ3n) is 4.79. The molecule has 6 nitrogen and oxygen atoms in total. The zero-order chi connectivity index (χ0) is 22.1. The second-order valence-electron chi connectivity index (χ2n) is 8.67. The van der Waals surface area contributed by atoms with Crippen LogP contribution >= 0.6 is 0 Å². The van der Waals surface area contributed by atoms with E-state index < -0.39 is 5.92 Å². The Kier molecular flexibility index (Phi) is 9.04. The van der Waals surface area contributed by atoms with E-state index in [0.717, 1.165) is 37.9 Å². The molecule has 2 aromatic rings. The highest BCUT2D eigenvalue weighted by atomic mass is 16.1. The Morgan fingerprint density at radius 1 is 1.07 bits per heavy atom. The van der Waals surface area contributed by atoms with E-state index in [4.69, 9.17) is 9.97 Å². The fourth-order valence-corrected chi connectivity index (χ4v) is 3.49. The molecule has 2 rings (SSSR count). The Morgan fingerprint density at radius 3 is 2.20 bits per heavy atom. The van der Waals surface area contributed by atoms with Crippen molar-refractivity contribution in [2.45, 2.75) is 59.8 Å². The summed E-state index contributed by atoms with van der Waals surface area (Å²) in [6.45, 7) is 12.9. The molecule has 1 heterocycles. The van der Waals surface area contributed by atoms with Gasteiger partial charge in [0.15, 0.2) is 11.7 Å². The van der Waals surface area contributed by atoms with Crippen molar-refractivity contribution in [1.82, 2.24) is 15.3 Å². The first-order valence-electron chi connectivity index (χ1n) is 11.1. The standard InChI is InChI=1S/C24H35N5O/c1-6-7-10-13-26-24(30)19(14-25)22-23(29(15-17(2)3)16-18(4)5)28-21-12-9-8-11-20(21)27-22/h8-9,11-12,17-19H,6-7,10,13,15-16H2,1-5H3,(H,26,30)/t19-/m1/s1. The van der Waals surface area contributed by atoms with Crippen molar-refractivity contribution >= 4 is 22.8 Å². The van der Waals surface area contributed by atoms with Crippen molar-refractivity contribution in [3.05, 3.63) is 30.0 Å². The van der Waals surface area contributed by atoms with Crippen LogP contribution in [0, 0.1) is 23.2 Å². The van der Waals surface area contributed by atoms with Crippen molar-refractivity contribution < 1.29 is 4.79 Å². The smallest absolute Gasteiger partial charge is 0.243 e. The second-order valence-corrected chi connectivity index (χ2v) is 8.67. The summed E-state index contributed by atoms with van der Waals surface area (Å²) in [5.41, 5.74) is 1.92. The number of aromatic nitrogens is 2. The first kappa shape index (κ1) is 23.6. The first-order valence-corrected chi connectivity index (χ1v) is 11.1. The Morgan fingerprint density at radius 2 is 1.67 bits per heavy atom. The summed E-state index contributed by atoms with van der Waals surface area (Å²) < 4.78 is 0. The number of unbranched alkanes of at least 4 members (excludes halogenated alkanes) is 2. The van der Waals surface area contributed by atoms with Gasteiger partial charge in [-0.25, -0.2) is 9.97 Å². The molecule has 0 bridgehead atoms. The van der Waals surface area contributed by atoms with Gasteiger partial charge in [0.05, 0.1) is 17.1 Å². The largest absolute Gasteiger partial charge is 0.355 e. The lowest BCUT2D eigenvalue weighted by molar-refractivity contribution is -0.121. The van der Waals surface area contributed by atoms with E-state index in [1.807, 2.05) is 24.3 Å². The maximum atomic E-state index is 12.9. The second kappa shape index (κ2) is 11.5. The van der Waals surface area contributed by atoms with Crippen molar-refractivity contribution in [3.8, 4) is 6.07 Å². The molecule has 6 heteroatoms. The van der Waals surface area contributed by atoms with E-state index >= 15 is 0 Å². The number of nitrogens with zero attached hydrogens (tertiary/aromatic N) is 4. The molecule has 0 fully saturated rings. The Balaban J connectivity index is 2.50. The molecule has 1 amide bonds. The van der Waals surface area contributed by atoms with Crippen molar-refractivity contribution in [2.75, 3.05) is 24.5 Å². The fraction of sp³-hybridized carbons (Fsp3) is 0.583. The number of rotatable bonds is 11. The summed E-state index contributed by atoms with van der Waals surface area (Å²) in [5, 5.41) is 12.8. The highest BCUT2D eigenvalue weighted by Gasteiger charge is 2.29. The van der Waals surface area contributed by atoms with Gasteiger partial charge in [-0.1, -0.05) is 59.6 Å². The van der Waals surface area contributed by atoms with Crippen LogP contribution in [0.25, 0.3) is 11.0 Å². The van der Waals surface area contributed by atoms with Gasteiger partial charge in [-0.2, -0.15) is 5.26 Å². The van der Waals surface area contributed by atoms with Crippen molar-refractivity contribution in [3.63, 3.8) is 0 Å². The lowest BCUT2D eigenvalue weighted by Crippen LogP contribution is -2.35. The normalized spacial score (nSPS) is 12.2. The number of carbonyl (C=O) groups excluding carboxylic acids is 1. The average molecular weight is 410 g/mol. The molecule has 0 saturated heterocycles. The molecule has 1 aromatic heterocycles. The minimum Gasteiger partial charge on any atom is -0.355 e. The molecule has 1 N–H and O–H groups in total. The monoisotopic (exact) mass is 409 g/mol. The van der Waals surface area contributed by atoms with Crippen LogP contribution in [0.1, 0.15) is 65.5 Å². The van der Waals surface area contributed by atoms with Gasteiger partial charge in [0.2, 0.25) is 5.91 Å². The molecule has 30 heavy (non-hydrogen) atoms. The van der Waals surface area contributed by atoms with Gasteiger partial charge in [0, 0.05) is 19.6 Å². The molecule has 0 radical (unpaired) electrons. The summed E-state index contributed by atoms with van der Waals surface area (Å²) in [7, 11) is 0. The highest BCUT2D eigenvalue weighted by molar-refractivity contribution is 5.88. The maximum absolute atomic E-state index is 12.9. The highest BCUT2D eigenvalue weighted by Crippen LogP contribution is 2.28. The van der Waals surface area contributed by atoms with Gasteiger partial charge in [-0.05, 0) is 30.4 Å². The van der Waals surface area contributed by atoms with Gasteiger partial charge in [-0.3, -0.25) is 4.79 Å². The Bertz CT molecular complexity index is 862. The number of nitrogens with one attached hydrogen (secondary N) is 1. The van der Waals surface area contributed by atoms with E-state index in [1.165, 1.54) is 0 Å². The number of amides is 1. The molecule has 0 aliphatic carbocycles. The fourth-order valence-electron chi connectivity index (χ4n) is 3.49. The van der Waals surface area contributed by atoms with Crippen LogP contribution in [-0.2, 0) is 4.79 Å². The molecule has 0 unspecified atom stereocenters. The zero-order valence-electron chi connectivity index (χ0n) is 19.0. The predicted molar refractivity (Wildman–Crippen MR) is 122 cm³/mol. The molecule has 0 aliphatic heterocycles. The number of anilines is 1. The molecule has 1 atom stereocenters. The zero-order valence-corrected chi connectivity index (χ0v) is 19.0. The minimum absolute atomic E-state index is 0.298. The third-order valence-corrected chi connectivity index (χ3v) is 4.79. The van der Waals surface area contributed by atoms with E-state index in [1.54, 1.807) is 0 Å². The molecule has 162 valence electrons. The Hall–Kier alpha value is -2.68. The first-order chi connectivity index (χ1) is 14.4. The molecule has 1 aromatic carbocycles. The van der Waals surface area contributed by atoms with Crippen LogP contribution in [0.15, 0.2) is 24.3 Å². The topological polar surface area (TPSA) is 81.9 Å². The summed E-state index contributed by atoms with van der Waals surface area (Å²) in [6.07, 6.45) is 3.04. The SMILES string of the molecule is CCCCCNC(=O)[C@H](C#N)c1nc2ccccc2nc1N(CC(C)C)CC(C)C. The maximum Gasteiger partial charge on any atom is 0.243 e. The molecular weight excluding hydrogens is 374 g/mol. The van der Waals surface area contributed by atoms with E-state index in [2.05, 4.69) is 50.9 Å². The quantitative estimate of drug-likeness (QED) is 0.546. The molecule has 0 spiro atoms. The van der Waals surface area contributed by atoms with Crippen LogP contribution in [0.4, 0.5) is 5.82 Å². The van der Waals surface area contributed by atoms with Crippen molar-refractivity contribution in [1.29, 1.82) is 5.26 Å². The van der Waals surface area contributed by atoms with Crippen LogP contribution in [0.3, 0.4) is 0 Å². The molecule has 0 aliphatic rings. The van der Waals surface area contributed by atoms with Gasteiger partial charge in [-0.15, -0.1) is 0 Å². The lowest BCUT2D eigenvalue weighted by atomic mass is 10.0. The predicted octanol–water partition coefficient (Wildman–Crippen LogP) is 4.66. The molecular formula is C24H35N5O. The summed E-state index contributed by atoms with van der Waals surface area (Å²) >= 11 is 0. The Labute approximate surface area is 180 Å². The summed E-state index contributed by atoms with van der Waals surface area (Å²) in [4.78, 5) is 24.7. The van der Waals surface area contributed by atoms with E-state index in [-0.39, 0.29) is 5.91 Å². The van der Waals surface area contributed by atoms with Crippen LogP contribution in [-0.4, -0.2) is 35.5 Å². The van der Waals surface area contributed by atoms with Crippen LogP contribution in [0.5, 0.6) is 0 Å². The number of benzene rings is 1. The van der Waals surface area contributed by atoms with Gasteiger partial charge < -0.3 is 10.2 Å². The summed E-state index contributed by atoms with van der Waals surface area (Å²) in [6, 6.07) is 9.80. The van der Waals surface area contributed by atoms with Crippen LogP contribution < -0.4 is 10.2 Å². The number of para-hydroxylation sites is 2. The number of nitriles is 1. The molecule has 0 saturated carbocycles. The third kappa shape index (κ3) is 6.41.